The first-order chi connectivity index (χ1) is 17.3. The van der Waals surface area contributed by atoms with Crippen molar-refractivity contribution in [2.75, 3.05) is 11.5 Å². The zero-order valence-electron chi connectivity index (χ0n) is 18.9. The summed E-state index contributed by atoms with van der Waals surface area (Å²) < 4.78 is 12.9. The Kier molecular flexibility index (Phi) is 8.50. The van der Waals surface area contributed by atoms with Crippen molar-refractivity contribution in [3.8, 4) is 11.5 Å². The van der Waals surface area contributed by atoms with Crippen LogP contribution in [0.15, 0.2) is 66.2 Å². The number of nitrogens with one attached hydrogen (secondary N) is 1. The van der Waals surface area contributed by atoms with Gasteiger partial charge in [-0.3, -0.25) is 19.8 Å². The first kappa shape index (κ1) is 26.4. The minimum absolute atomic E-state index is 0.0827. The average molecular weight is 653 g/mol. The maximum Gasteiger partial charge on any atom is 0.270 e. The topological polar surface area (TPSA) is 67.9 Å². The molecule has 1 aliphatic rings. The van der Waals surface area contributed by atoms with E-state index in [1.54, 1.807) is 36.4 Å². The molecule has 3 aromatic carbocycles. The summed E-state index contributed by atoms with van der Waals surface area (Å²) in [6.07, 6.45) is 1.47. The highest BCUT2D eigenvalue weighted by Crippen LogP contribution is 2.35. The minimum Gasteiger partial charge on any atom is -0.490 e. The van der Waals surface area contributed by atoms with Crippen molar-refractivity contribution in [3.05, 3.63) is 91.0 Å². The van der Waals surface area contributed by atoms with Crippen molar-refractivity contribution in [1.29, 1.82) is 0 Å². The van der Waals surface area contributed by atoms with Gasteiger partial charge < -0.3 is 9.47 Å². The molecule has 1 fully saturated rings. The number of carbonyl (C=O) groups is 2. The lowest BCUT2D eigenvalue weighted by Gasteiger charge is -2.29. The summed E-state index contributed by atoms with van der Waals surface area (Å²) >= 11 is 19.9. The lowest BCUT2D eigenvalue weighted by atomic mass is 10.1. The Hall–Kier alpha value is -2.66. The maximum atomic E-state index is 13.3. The molecule has 1 saturated heterocycles. The molecule has 0 aliphatic carbocycles. The Balaban J connectivity index is 1.63. The lowest BCUT2D eigenvalue weighted by molar-refractivity contribution is -0.122. The molecular formula is C26H19Cl2IN2O4S. The van der Waals surface area contributed by atoms with E-state index in [0.29, 0.717) is 30.3 Å². The van der Waals surface area contributed by atoms with Crippen molar-refractivity contribution >= 4 is 86.7 Å². The number of benzene rings is 3. The Morgan fingerprint density at radius 1 is 1.03 bits per heavy atom. The molecule has 0 bridgehead atoms. The third kappa shape index (κ3) is 5.83. The van der Waals surface area contributed by atoms with Crippen molar-refractivity contribution in [2.24, 2.45) is 0 Å². The van der Waals surface area contributed by atoms with E-state index in [0.717, 1.165) is 14.0 Å². The number of ether oxygens (including phenoxy) is 2. The van der Waals surface area contributed by atoms with Gasteiger partial charge in [0.05, 0.1) is 22.3 Å². The number of thiocarbonyl (C=S) groups is 1. The van der Waals surface area contributed by atoms with Crippen molar-refractivity contribution in [3.63, 3.8) is 0 Å². The van der Waals surface area contributed by atoms with E-state index in [4.69, 9.17) is 44.9 Å². The molecule has 0 saturated carbocycles. The van der Waals surface area contributed by atoms with E-state index in [2.05, 4.69) is 27.9 Å². The minimum atomic E-state index is -0.620. The van der Waals surface area contributed by atoms with Gasteiger partial charge >= 0.3 is 0 Å². The molecular weight excluding hydrogens is 634 g/mol. The SMILES string of the molecule is CCOc1cc(/C=C2\C(=O)NC(=S)N(c3cccc(Cl)c3Cl)C2=O)ccc1OCc1ccc(I)cc1. The molecule has 1 N–H and O–H groups in total. The summed E-state index contributed by atoms with van der Waals surface area (Å²) in [6.45, 7) is 2.64. The molecule has 6 nitrogen and oxygen atoms in total. The zero-order valence-corrected chi connectivity index (χ0v) is 23.4. The first-order valence-electron chi connectivity index (χ1n) is 10.8. The summed E-state index contributed by atoms with van der Waals surface area (Å²) in [6, 6.07) is 18.0. The van der Waals surface area contributed by atoms with Crippen LogP contribution in [-0.4, -0.2) is 23.5 Å². The molecule has 0 atom stereocenters. The van der Waals surface area contributed by atoms with Crippen LogP contribution in [0, 0.1) is 3.57 Å². The standard InChI is InChI=1S/C26H19Cl2IN2O4S/c1-2-34-22-13-16(8-11-21(22)35-14-15-6-9-17(29)10-7-15)12-18-24(32)30-26(36)31(25(18)33)20-5-3-4-19(27)23(20)28/h3-13H,2,14H2,1H3,(H,30,32,36)/b18-12+. The molecule has 0 aromatic heterocycles. The van der Waals surface area contributed by atoms with Crippen LogP contribution in [0.4, 0.5) is 5.69 Å². The molecule has 184 valence electrons. The number of halogens is 3. The zero-order chi connectivity index (χ0) is 25.8. The number of nitrogens with zero attached hydrogens (tertiary/aromatic N) is 1. The summed E-state index contributed by atoms with van der Waals surface area (Å²) in [4.78, 5) is 27.2. The summed E-state index contributed by atoms with van der Waals surface area (Å²) in [7, 11) is 0. The first-order valence-corrected chi connectivity index (χ1v) is 13.0. The molecule has 3 aromatic rings. The van der Waals surface area contributed by atoms with Gasteiger partial charge in [-0.1, -0.05) is 47.5 Å². The summed E-state index contributed by atoms with van der Waals surface area (Å²) in [5.74, 6) is -0.196. The van der Waals surface area contributed by atoms with Crippen molar-refractivity contribution < 1.29 is 19.1 Å². The highest BCUT2D eigenvalue weighted by atomic mass is 127. The van der Waals surface area contributed by atoms with Crippen LogP contribution in [0.5, 0.6) is 11.5 Å². The Labute approximate surface area is 237 Å². The monoisotopic (exact) mass is 652 g/mol. The number of amides is 2. The average Bonchev–Trinajstić information content (AvgIpc) is 2.85. The van der Waals surface area contributed by atoms with Gasteiger partial charge in [0.25, 0.3) is 11.8 Å². The number of anilines is 1. The summed E-state index contributed by atoms with van der Waals surface area (Å²) in [5, 5.41) is 2.87. The number of rotatable bonds is 7. The third-order valence-electron chi connectivity index (χ3n) is 5.16. The second kappa shape index (κ2) is 11.6. The Morgan fingerprint density at radius 3 is 2.50 bits per heavy atom. The van der Waals surface area contributed by atoms with Crippen LogP contribution >= 0.6 is 58.0 Å². The quantitative estimate of drug-likeness (QED) is 0.138. The Bertz CT molecular complexity index is 1380. The number of hydrogen-bond acceptors (Lipinski definition) is 5. The van der Waals surface area contributed by atoms with Gasteiger partial charge in [0.15, 0.2) is 16.6 Å². The van der Waals surface area contributed by atoms with Crippen LogP contribution < -0.4 is 19.7 Å². The molecule has 0 spiro atoms. The van der Waals surface area contributed by atoms with Gasteiger partial charge in [0, 0.05) is 3.57 Å². The third-order valence-corrected chi connectivity index (χ3v) is 6.97. The molecule has 4 rings (SSSR count). The fraction of sp³-hybridized carbons (Fsp3) is 0.115. The van der Waals surface area contributed by atoms with Gasteiger partial charge in [-0.15, -0.1) is 0 Å². The highest BCUT2D eigenvalue weighted by Gasteiger charge is 2.35. The van der Waals surface area contributed by atoms with Crippen LogP contribution in [0.1, 0.15) is 18.1 Å². The van der Waals surface area contributed by atoms with E-state index in [1.807, 2.05) is 31.2 Å². The molecule has 0 unspecified atom stereocenters. The van der Waals surface area contributed by atoms with E-state index >= 15 is 0 Å². The fourth-order valence-electron chi connectivity index (χ4n) is 3.45. The summed E-state index contributed by atoms with van der Waals surface area (Å²) in [5.41, 5.74) is 1.75. The number of hydrogen-bond donors (Lipinski definition) is 1. The fourth-order valence-corrected chi connectivity index (χ4v) is 4.47. The van der Waals surface area contributed by atoms with Gasteiger partial charge in [0.2, 0.25) is 0 Å². The normalized spacial score (nSPS) is 14.7. The van der Waals surface area contributed by atoms with Crippen LogP contribution in [0.25, 0.3) is 6.08 Å². The van der Waals surface area contributed by atoms with E-state index in [-0.39, 0.29) is 26.4 Å². The van der Waals surface area contributed by atoms with Crippen LogP contribution in [-0.2, 0) is 16.2 Å². The van der Waals surface area contributed by atoms with E-state index in [1.165, 1.54) is 6.08 Å². The molecule has 2 amide bonds. The predicted octanol–water partition coefficient (Wildman–Crippen LogP) is 6.41. The van der Waals surface area contributed by atoms with Gasteiger partial charge in [0.1, 0.15) is 12.2 Å². The van der Waals surface area contributed by atoms with E-state index in [9.17, 15) is 9.59 Å². The second-order valence-electron chi connectivity index (χ2n) is 7.59. The largest absolute Gasteiger partial charge is 0.490 e. The molecule has 10 heteroatoms. The molecule has 36 heavy (non-hydrogen) atoms. The molecule has 0 radical (unpaired) electrons. The van der Waals surface area contributed by atoms with Crippen LogP contribution in [0.2, 0.25) is 10.0 Å². The second-order valence-corrected chi connectivity index (χ2v) is 10.0. The highest BCUT2D eigenvalue weighted by molar-refractivity contribution is 14.1. The van der Waals surface area contributed by atoms with Gasteiger partial charge in [-0.2, -0.15) is 0 Å². The van der Waals surface area contributed by atoms with Crippen molar-refractivity contribution in [1.82, 2.24) is 5.32 Å². The maximum absolute atomic E-state index is 13.3. The lowest BCUT2D eigenvalue weighted by Crippen LogP contribution is -2.54. The predicted molar refractivity (Wildman–Crippen MR) is 154 cm³/mol. The number of carbonyl (C=O) groups excluding carboxylic acids is 2. The molecule has 1 aliphatic heterocycles. The van der Waals surface area contributed by atoms with Gasteiger partial charge in [-0.25, -0.2) is 0 Å². The van der Waals surface area contributed by atoms with Crippen LogP contribution in [0.3, 0.4) is 0 Å². The van der Waals surface area contributed by atoms with E-state index < -0.39 is 11.8 Å². The van der Waals surface area contributed by atoms with Crippen molar-refractivity contribution in [2.45, 2.75) is 13.5 Å². The molecule has 1 heterocycles. The Morgan fingerprint density at radius 2 is 1.78 bits per heavy atom. The smallest absolute Gasteiger partial charge is 0.270 e. The van der Waals surface area contributed by atoms with Gasteiger partial charge in [-0.05, 0) is 95.3 Å².